The molecule has 2 amide bonds. The average molecular weight is 391 g/mol. The number of benzene rings is 2. The molecule has 0 aromatic heterocycles. The standard InChI is InChI=1S/C20H20Cl2N2O2/c1-13-3-2-4-14(11-13)19(25)23-16-7-9-24(10-8-16)20(26)17-12-15(21)5-6-18(17)22/h2-6,11-12,16H,7-10H2,1H3,(H,23,25). The third-order valence-corrected chi connectivity index (χ3v) is 5.12. The molecule has 1 fully saturated rings. The normalized spacial score (nSPS) is 15.0. The maximum absolute atomic E-state index is 12.7. The fraction of sp³-hybridized carbons (Fsp3) is 0.300. The molecule has 136 valence electrons. The van der Waals surface area contributed by atoms with Crippen molar-refractivity contribution in [2.75, 3.05) is 13.1 Å². The van der Waals surface area contributed by atoms with Gasteiger partial charge in [0, 0.05) is 29.7 Å². The van der Waals surface area contributed by atoms with Gasteiger partial charge in [0.1, 0.15) is 0 Å². The number of nitrogens with zero attached hydrogens (tertiary/aromatic N) is 1. The van der Waals surface area contributed by atoms with Gasteiger partial charge in [0.2, 0.25) is 0 Å². The number of hydrogen-bond acceptors (Lipinski definition) is 2. The average Bonchev–Trinajstić information content (AvgIpc) is 2.64. The van der Waals surface area contributed by atoms with Crippen LogP contribution in [0.25, 0.3) is 0 Å². The number of halogens is 2. The van der Waals surface area contributed by atoms with Gasteiger partial charge in [0.05, 0.1) is 10.6 Å². The molecule has 2 aromatic carbocycles. The summed E-state index contributed by atoms with van der Waals surface area (Å²) in [6.07, 6.45) is 1.42. The minimum atomic E-state index is -0.124. The molecule has 1 heterocycles. The Balaban J connectivity index is 1.58. The van der Waals surface area contributed by atoms with Crippen LogP contribution in [0.5, 0.6) is 0 Å². The second-order valence-corrected chi connectivity index (χ2v) is 7.38. The van der Waals surface area contributed by atoms with Crippen LogP contribution in [0.2, 0.25) is 10.0 Å². The van der Waals surface area contributed by atoms with Crippen molar-refractivity contribution in [3.63, 3.8) is 0 Å². The van der Waals surface area contributed by atoms with Crippen LogP contribution in [-0.2, 0) is 0 Å². The van der Waals surface area contributed by atoms with Crippen LogP contribution < -0.4 is 5.32 Å². The van der Waals surface area contributed by atoms with E-state index in [4.69, 9.17) is 23.2 Å². The predicted octanol–water partition coefficient (Wildman–Crippen LogP) is 4.34. The fourth-order valence-corrected chi connectivity index (χ4v) is 3.48. The van der Waals surface area contributed by atoms with Crippen LogP contribution >= 0.6 is 23.2 Å². The minimum Gasteiger partial charge on any atom is -0.349 e. The highest BCUT2D eigenvalue weighted by Crippen LogP contribution is 2.23. The Labute approximate surface area is 163 Å². The Hall–Kier alpha value is -2.04. The third-order valence-electron chi connectivity index (χ3n) is 4.56. The van der Waals surface area contributed by atoms with Gasteiger partial charge in [0.15, 0.2) is 0 Å². The summed E-state index contributed by atoms with van der Waals surface area (Å²) in [7, 11) is 0. The van der Waals surface area contributed by atoms with Crippen molar-refractivity contribution in [3.8, 4) is 0 Å². The second kappa shape index (κ2) is 8.11. The quantitative estimate of drug-likeness (QED) is 0.847. The van der Waals surface area contributed by atoms with Crippen LogP contribution in [0, 0.1) is 6.92 Å². The predicted molar refractivity (Wildman–Crippen MR) is 104 cm³/mol. The minimum absolute atomic E-state index is 0.0573. The zero-order valence-electron chi connectivity index (χ0n) is 14.5. The summed E-state index contributed by atoms with van der Waals surface area (Å²) in [5.41, 5.74) is 2.13. The molecule has 26 heavy (non-hydrogen) atoms. The van der Waals surface area contributed by atoms with Crippen molar-refractivity contribution in [3.05, 3.63) is 69.2 Å². The van der Waals surface area contributed by atoms with Gasteiger partial charge >= 0.3 is 0 Å². The molecule has 6 heteroatoms. The molecule has 0 saturated carbocycles. The molecular weight excluding hydrogens is 371 g/mol. The lowest BCUT2D eigenvalue weighted by atomic mass is 10.0. The molecule has 0 bridgehead atoms. The van der Waals surface area contributed by atoms with Crippen molar-refractivity contribution in [1.29, 1.82) is 0 Å². The lowest BCUT2D eigenvalue weighted by molar-refractivity contribution is 0.0698. The van der Waals surface area contributed by atoms with Gasteiger partial charge in [-0.2, -0.15) is 0 Å². The summed E-state index contributed by atoms with van der Waals surface area (Å²) in [4.78, 5) is 26.8. The van der Waals surface area contributed by atoms with E-state index in [1.165, 1.54) is 0 Å². The fourth-order valence-electron chi connectivity index (χ4n) is 3.11. The molecule has 2 aromatic rings. The van der Waals surface area contributed by atoms with Gasteiger partial charge in [-0.1, -0.05) is 40.9 Å². The number of piperidine rings is 1. The number of carbonyl (C=O) groups excluding carboxylic acids is 2. The second-order valence-electron chi connectivity index (χ2n) is 6.53. The molecule has 1 N–H and O–H groups in total. The van der Waals surface area contributed by atoms with Gasteiger partial charge in [-0.3, -0.25) is 9.59 Å². The number of aryl methyl sites for hydroxylation is 1. The van der Waals surface area contributed by atoms with E-state index in [1.54, 1.807) is 23.1 Å². The van der Waals surface area contributed by atoms with Gasteiger partial charge in [-0.15, -0.1) is 0 Å². The van der Waals surface area contributed by atoms with Gasteiger partial charge in [0.25, 0.3) is 11.8 Å². The maximum Gasteiger partial charge on any atom is 0.255 e. The Morgan fingerprint density at radius 2 is 1.81 bits per heavy atom. The molecule has 4 nitrogen and oxygen atoms in total. The van der Waals surface area contributed by atoms with Crippen LogP contribution in [0.4, 0.5) is 0 Å². The first kappa shape index (κ1) is 18.7. The highest BCUT2D eigenvalue weighted by atomic mass is 35.5. The van der Waals surface area contributed by atoms with Gasteiger partial charge < -0.3 is 10.2 Å². The summed E-state index contributed by atoms with van der Waals surface area (Å²) in [6, 6.07) is 12.5. The molecule has 0 spiro atoms. The topological polar surface area (TPSA) is 49.4 Å². The van der Waals surface area contributed by atoms with E-state index in [9.17, 15) is 9.59 Å². The Morgan fingerprint density at radius 3 is 2.50 bits per heavy atom. The third kappa shape index (κ3) is 4.37. The van der Waals surface area contributed by atoms with Crippen molar-refractivity contribution in [1.82, 2.24) is 10.2 Å². The van der Waals surface area contributed by atoms with E-state index in [1.807, 2.05) is 31.2 Å². The number of carbonyl (C=O) groups is 2. The molecule has 0 radical (unpaired) electrons. The SMILES string of the molecule is Cc1cccc(C(=O)NC2CCN(C(=O)c3cc(Cl)ccc3Cl)CC2)c1. The van der Waals surface area contributed by atoms with Crippen LogP contribution in [0.15, 0.2) is 42.5 Å². The highest BCUT2D eigenvalue weighted by Gasteiger charge is 2.26. The summed E-state index contributed by atoms with van der Waals surface area (Å²) in [5, 5.41) is 3.94. The largest absolute Gasteiger partial charge is 0.349 e. The van der Waals surface area contributed by atoms with Crippen molar-refractivity contribution in [2.45, 2.75) is 25.8 Å². The first-order valence-corrected chi connectivity index (χ1v) is 9.31. The van der Waals surface area contributed by atoms with Crippen molar-refractivity contribution in [2.24, 2.45) is 0 Å². The van der Waals surface area contributed by atoms with Gasteiger partial charge in [-0.25, -0.2) is 0 Å². The van der Waals surface area contributed by atoms with Crippen molar-refractivity contribution >= 4 is 35.0 Å². The van der Waals surface area contributed by atoms with E-state index < -0.39 is 0 Å². The zero-order valence-corrected chi connectivity index (χ0v) is 16.0. The summed E-state index contributed by atoms with van der Waals surface area (Å²) in [5.74, 6) is -0.197. The van der Waals surface area contributed by atoms with Crippen molar-refractivity contribution < 1.29 is 9.59 Å². The molecule has 1 saturated heterocycles. The Bertz CT molecular complexity index is 830. The molecule has 1 aliphatic heterocycles. The molecule has 0 unspecified atom stereocenters. The van der Waals surface area contributed by atoms with Crippen LogP contribution in [0.1, 0.15) is 39.1 Å². The summed E-state index contributed by atoms with van der Waals surface area (Å²) < 4.78 is 0. The van der Waals surface area contributed by atoms with E-state index in [0.29, 0.717) is 47.1 Å². The Morgan fingerprint density at radius 1 is 1.08 bits per heavy atom. The maximum atomic E-state index is 12.7. The number of hydrogen-bond donors (Lipinski definition) is 1. The Kier molecular flexibility index (Phi) is 5.84. The molecule has 0 aliphatic carbocycles. The number of rotatable bonds is 3. The lowest BCUT2D eigenvalue weighted by Gasteiger charge is -2.32. The smallest absolute Gasteiger partial charge is 0.255 e. The number of nitrogens with one attached hydrogen (secondary N) is 1. The zero-order chi connectivity index (χ0) is 18.7. The summed E-state index contributed by atoms with van der Waals surface area (Å²) >= 11 is 12.1. The van der Waals surface area contributed by atoms with E-state index in [2.05, 4.69) is 5.32 Å². The van der Waals surface area contributed by atoms with Gasteiger partial charge in [-0.05, 0) is 50.1 Å². The monoisotopic (exact) mass is 390 g/mol. The molecule has 1 aliphatic rings. The molecule has 3 rings (SSSR count). The van der Waals surface area contributed by atoms with E-state index >= 15 is 0 Å². The van der Waals surface area contributed by atoms with Crippen LogP contribution in [0.3, 0.4) is 0 Å². The first-order chi connectivity index (χ1) is 12.4. The van der Waals surface area contributed by atoms with Crippen LogP contribution in [-0.4, -0.2) is 35.8 Å². The summed E-state index contributed by atoms with van der Waals surface area (Å²) in [6.45, 7) is 3.10. The highest BCUT2D eigenvalue weighted by molar-refractivity contribution is 6.35. The molecular formula is C20H20Cl2N2O2. The number of amides is 2. The number of likely N-dealkylation sites (tertiary alicyclic amines) is 1. The van der Waals surface area contributed by atoms with E-state index in [-0.39, 0.29) is 17.9 Å². The lowest BCUT2D eigenvalue weighted by Crippen LogP contribution is -2.46. The first-order valence-electron chi connectivity index (χ1n) is 8.56. The molecule has 0 atom stereocenters. The van der Waals surface area contributed by atoms with E-state index in [0.717, 1.165) is 5.56 Å².